The molecule has 0 unspecified atom stereocenters. The Kier molecular flexibility index (Phi) is 2.93. The average Bonchev–Trinajstić information content (AvgIpc) is 2.30. The van der Waals surface area contributed by atoms with E-state index in [1.807, 2.05) is 12.1 Å². The van der Waals surface area contributed by atoms with Gasteiger partial charge in [0.15, 0.2) is 0 Å². The molecule has 0 amide bonds. The van der Waals surface area contributed by atoms with Gasteiger partial charge in [-0.25, -0.2) is 4.39 Å². The Hall–Kier alpha value is -1.90. The fourth-order valence-electron chi connectivity index (χ4n) is 1.22. The van der Waals surface area contributed by atoms with Crippen LogP contribution in [0.5, 0.6) is 0 Å². The fourth-order valence-corrected chi connectivity index (χ4v) is 1.22. The highest BCUT2D eigenvalue weighted by Crippen LogP contribution is 2.08. The molecule has 2 nitrogen and oxygen atoms in total. The Labute approximate surface area is 87.8 Å². The second-order valence-corrected chi connectivity index (χ2v) is 3.15. The zero-order chi connectivity index (χ0) is 10.5. The first-order valence-corrected chi connectivity index (χ1v) is 4.66. The van der Waals surface area contributed by atoms with Crippen molar-refractivity contribution in [2.75, 3.05) is 0 Å². The number of benzene rings is 1. The van der Waals surface area contributed by atoms with Gasteiger partial charge in [-0.2, -0.15) is 0 Å². The van der Waals surface area contributed by atoms with Crippen LogP contribution in [-0.4, -0.2) is 4.98 Å². The van der Waals surface area contributed by atoms with Crippen LogP contribution in [0.4, 0.5) is 10.1 Å². The highest BCUT2D eigenvalue weighted by molar-refractivity contribution is 5.33. The molecule has 0 atom stereocenters. The third-order valence-corrected chi connectivity index (χ3v) is 2.02. The Balaban J connectivity index is 1.96. The number of pyridine rings is 1. The largest absolute Gasteiger partial charge is 0.281 e. The lowest BCUT2D eigenvalue weighted by atomic mass is 10.2. The standard InChI is InChI=1S/C12H10FN2/c13-11-3-1-10(2-4-11)9-15-12-5-7-14-8-6-12/h1-8H,9H2. The Morgan fingerprint density at radius 1 is 1.00 bits per heavy atom. The molecule has 0 aliphatic heterocycles. The molecule has 0 aliphatic rings. The van der Waals surface area contributed by atoms with Crippen LogP contribution in [0.2, 0.25) is 0 Å². The predicted molar refractivity (Wildman–Crippen MR) is 56.1 cm³/mol. The molecule has 1 aromatic carbocycles. The van der Waals surface area contributed by atoms with Crippen molar-refractivity contribution in [2.24, 2.45) is 0 Å². The van der Waals surface area contributed by atoms with Crippen molar-refractivity contribution < 1.29 is 4.39 Å². The monoisotopic (exact) mass is 201 g/mol. The molecule has 0 saturated heterocycles. The van der Waals surface area contributed by atoms with Gasteiger partial charge in [0, 0.05) is 12.4 Å². The van der Waals surface area contributed by atoms with E-state index in [1.54, 1.807) is 24.5 Å². The topological polar surface area (TPSA) is 27.0 Å². The summed E-state index contributed by atoms with van der Waals surface area (Å²) in [6.45, 7) is 0.560. The van der Waals surface area contributed by atoms with Crippen LogP contribution < -0.4 is 5.32 Å². The van der Waals surface area contributed by atoms with Gasteiger partial charge in [-0.15, -0.1) is 0 Å². The van der Waals surface area contributed by atoms with Gasteiger partial charge in [0.25, 0.3) is 0 Å². The first kappa shape index (κ1) is 9.65. The van der Waals surface area contributed by atoms with Crippen molar-refractivity contribution in [3.05, 3.63) is 60.2 Å². The molecular formula is C12H10FN2. The van der Waals surface area contributed by atoms with Gasteiger partial charge in [0.2, 0.25) is 0 Å². The fraction of sp³-hybridized carbons (Fsp3) is 0.0833. The quantitative estimate of drug-likeness (QED) is 0.750. The van der Waals surface area contributed by atoms with Crippen LogP contribution in [-0.2, 0) is 6.54 Å². The van der Waals surface area contributed by atoms with E-state index in [-0.39, 0.29) is 5.82 Å². The van der Waals surface area contributed by atoms with Gasteiger partial charge < -0.3 is 0 Å². The van der Waals surface area contributed by atoms with Crippen molar-refractivity contribution in [1.82, 2.24) is 10.3 Å². The van der Waals surface area contributed by atoms with Crippen LogP contribution in [0, 0.1) is 5.82 Å². The summed E-state index contributed by atoms with van der Waals surface area (Å²) in [5.41, 5.74) is 1.88. The van der Waals surface area contributed by atoms with E-state index in [0.29, 0.717) is 6.54 Å². The summed E-state index contributed by atoms with van der Waals surface area (Å²) >= 11 is 0. The lowest BCUT2D eigenvalue weighted by molar-refractivity contribution is 0.626. The third kappa shape index (κ3) is 2.77. The number of nitrogens with zero attached hydrogens (tertiary/aromatic N) is 2. The SMILES string of the molecule is Fc1ccc(C[N]c2ccncc2)cc1. The lowest BCUT2D eigenvalue weighted by Crippen LogP contribution is -1.97. The molecule has 15 heavy (non-hydrogen) atoms. The summed E-state index contributed by atoms with van der Waals surface area (Å²) in [6.07, 6.45) is 3.40. The molecule has 1 aromatic heterocycles. The van der Waals surface area contributed by atoms with Crippen molar-refractivity contribution >= 4 is 5.69 Å². The van der Waals surface area contributed by atoms with Crippen LogP contribution in [0.1, 0.15) is 5.56 Å². The summed E-state index contributed by atoms with van der Waals surface area (Å²) in [6, 6.07) is 10.0. The zero-order valence-electron chi connectivity index (χ0n) is 8.10. The van der Waals surface area contributed by atoms with E-state index in [9.17, 15) is 4.39 Å². The molecule has 3 heteroatoms. The van der Waals surface area contributed by atoms with Crippen molar-refractivity contribution in [2.45, 2.75) is 6.54 Å². The minimum atomic E-state index is -0.220. The molecular weight excluding hydrogens is 191 g/mol. The number of rotatable bonds is 3. The number of hydrogen-bond donors (Lipinski definition) is 0. The first-order valence-electron chi connectivity index (χ1n) is 4.66. The molecule has 0 aliphatic carbocycles. The normalized spacial score (nSPS) is 9.93. The average molecular weight is 201 g/mol. The number of hydrogen-bond acceptors (Lipinski definition) is 1. The summed E-state index contributed by atoms with van der Waals surface area (Å²) in [5, 5.41) is 4.34. The predicted octanol–water partition coefficient (Wildman–Crippen LogP) is 2.66. The minimum Gasteiger partial charge on any atom is -0.281 e. The smallest absolute Gasteiger partial charge is 0.123 e. The minimum absolute atomic E-state index is 0.220. The van der Waals surface area contributed by atoms with Gasteiger partial charge in [-0.3, -0.25) is 10.3 Å². The van der Waals surface area contributed by atoms with Gasteiger partial charge >= 0.3 is 0 Å². The molecule has 1 heterocycles. The van der Waals surface area contributed by atoms with Gasteiger partial charge in [-0.1, -0.05) is 12.1 Å². The van der Waals surface area contributed by atoms with E-state index >= 15 is 0 Å². The van der Waals surface area contributed by atoms with Crippen molar-refractivity contribution in [3.8, 4) is 0 Å². The van der Waals surface area contributed by atoms with Crippen LogP contribution in [0.3, 0.4) is 0 Å². The Bertz CT molecular complexity index is 411. The van der Waals surface area contributed by atoms with Crippen LogP contribution in [0.25, 0.3) is 0 Å². The zero-order valence-corrected chi connectivity index (χ0v) is 8.10. The highest BCUT2D eigenvalue weighted by Gasteiger charge is 1.95. The maximum Gasteiger partial charge on any atom is 0.123 e. The van der Waals surface area contributed by atoms with E-state index in [2.05, 4.69) is 10.3 Å². The van der Waals surface area contributed by atoms with E-state index in [4.69, 9.17) is 0 Å². The van der Waals surface area contributed by atoms with Crippen LogP contribution in [0.15, 0.2) is 48.8 Å². The Morgan fingerprint density at radius 3 is 2.33 bits per heavy atom. The van der Waals surface area contributed by atoms with Gasteiger partial charge in [0.05, 0.1) is 12.2 Å². The molecule has 2 rings (SSSR count). The van der Waals surface area contributed by atoms with Gasteiger partial charge in [0.1, 0.15) is 5.82 Å². The molecule has 0 N–H and O–H groups in total. The second kappa shape index (κ2) is 4.55. The molecule has 1 radical (unpaired) electrons. The lowest BCUT2D eigenvalue weighted by Gasteiger charge is -2.02. The van der Waals surface area contributed by atoms with E-state index in [0.717, 1.165) is 11.3 Å². The molecule has 2 aromatic rings. The van der Waals surface area contributed by atoms with Crippen molar-refractivity contribution in [3.63, 3.8) is 0 Å². The molecule has 0 saturated carbocycles. The number of aromatic nitrogens is 1. The summed E-state index contributed by atoms with van der Waals surface area (Å²) in [7, 11) is 0. The molecule has 75 valence electrons. The first-order chi connectivity index (χ1) is 7.34. The Morgan fingerprint density at radius 2 is 1.67 bits per heavy atom. The van der Waals surface area contributed by atoms with Crippen molar-refractivity contribution in [1.29, 1.82) is 0 Å². The second-order valence-electron chi connectivity index (χ2n) is 3.15. The summed E-state index contributed by atoms with van der Waals surface area (Å²) in [4.78, 5) is 3.90. The van der Waals surface area contributed by atoms with E-state index in [1.165, 1.54) is 12.1 Å². The van der Waals surface area contributed by atoms with Gasteiger partial charge in [-0.05, 0) is 29.8 Å². The highest BCUT2D eigenvalue weighted by atomic mass is 19.1. The summed E-state index contributed by atoms with van der Waals surface area (Å²) in [5.74, 6) is -0.220. The molecule has 0 spiro atoms. The maximum absolute atomic E-state index is 12.6. The number of halogens is 1. The third-order valence-electron chi connectivity index (χ3n) is 2.02. The van der Waals surface area contributed by atoms with Crippen LogP contribution >= 0.6 is 0 Å². The summed E-state index contributed by atoms with van der Waals surface area (Å²) < 4.78 is 12.6. The maximum atomic E-state index is 12.6. The molecule has 0 bridgehead atoms. The molecule has 0 fully saturated rings. The van der Waals surface area contributed by atoms with E-state index < -0.39 is 0 Å².